The summed E-state index contributed by atoms with van der Waals surface area (Å²) in [5.41, 5.74) is 0.868. The SMILES string of the molecule is CCNC(c1ccco1)c1cc2cccc(Br)c2o1. The van der Waals surface area contributed by atoms with Crippen LogP contribution in [0.25, 0.3) is 11.0 Å². The molecular formula is C15H14BrNO2. The molecular weight excluding hydrogens is 306 g/mol. The highest BCUT2D eigenvalue weighted by Crippen LogP contribution is 2.32. The van der Waals surface area contributed by atoms with Crippen molar-refractivity contribution in [3.05, 3.63) is 58.7 Å². The van der Waals surface area contributed by atoms with E-state index in [0.717, 1.165) is 33.5 Å². The molecule has 3 aromatic rings. The van der Waals surface area contributed by atoms with E-state index in [1.165, 1.54) is 0 Å². The number of para-hydroxylation sites is 1. The van der Waals surface area contributed by atoms with Gasteiger partial charge >= 0.3 is 0 Å². The molecule has 2 heterocycles. The van der Waals surface area contributed by atoms with Crippen molar-refractivity contribution in [3.63, 3.8) is 0 Å². The van der Waals surface area contributed by atoms with Crippen LogP contribution < -0.4 is 5.32 Å². The minimum atomic E-state index is -0.0562. The fraction of sp³-hybridized carbons (Fsp3) is 0.200. The molecule has 19 heavy (non-hydrogen) atoms. The number of halogens is 1. The van der Waals surface area contributed by atoms with Crippen molar-refractivity contribution in [2.75, 3.05) is 6.54 Å². The van der Waals surface area contributed by atoms with Crippen molar-refractivity contribution in [1.82, 2.24) is 5.32 Å². The molecule has 0 saturated heterocycles. The van der Waals surface area contributed by atoms with E-state index in [9.17, 15) is 0 Å². The van der Waals surface area contributed by atoms with Gasteiger partial charge in [-0.2, -0.15) is 0 Å². The van der Waals surface area contributed by atoms with Crippen molar-refractivity contribution >= 4 is 26.9 Å². The lowest BCUT2D eigenvalue weighted by Crippen LogP contribution is -2.20. The van der Waals surface area contributed by atoms with E-state index in [1.807, 2.05) is 30.3 Å². The van der Waals surface area contributed by atoms with Gasteiger partial charge in [0, 0.05) is 5.39 Å². The first kappa shape index (κ1) is 12.5. The van der Waals surface area contributed by atoms with E-state index in [2.05, 4.69) is 34.2 Å². The molecule has 1 aromatic carbocycles. The molecule has 1 unspecified atom stereocenters. The molecule has 3 nitrogen and oxygen atoms in total. The predicted octanol–water partition coefficient (Wildman–Crippen LogP) is 4.49. The Morgan fingerprint density at radius 3 is 2.79 bits per heavy atom. The Morgan fingerprint density at radius 1 is 1.21 bits per heavy atom. The van der Waals surface area contributed by atoms with Crippen LogP contribution in [-0.4, -0.2) is 6.54 Å². The highest BCUT2D eigenvalue weighted by Gasteiger charge is 2.20. The van der Waals surface area contributed by atoms with Gasteiger partial charge in [-0.05, 0) is 46.7 Å². The molecule has 98 valence electrons. The van der Waals surface area contributed by atoms with Crippen LogP contribution in [0.15, 0.2) is 56.0 Å². The third-order valence-corrected chi connectivity index (χ3v) is 3.66. The van der Waals surface area contributed by atoms with Crippen LogP contribution in [0.1, 0.15) is 24.5 Å². The van der Waals surface area contributed by atoms with Gasteiger partial charge in [0.1, 0.15) is 23.1 Å². The maximum absolute atomic E-state index is 5.97. The number of hydrogen-bond donors (Lipinski definition) is 1. The molecule has 1 atom stereocenters. The molecule has 0 bridgehead atoms. The fourth-order valence-corrected chi connectivity index (χ4v) is 2.65. The lowest BCUT2D eigenvalue weighted by Gasteiger charge is -2.12. The molecule has 0 aliphatic carbocycles. The Bertz CT molecular complexity index is 673. The smallest absolute Gasteiger partial charge is 0.148 e. The van der Waals surface area contributed by atoms with Crippen molar-refractivity contribution in [1.29, 1.82) is 0 Å². The van der Waals surface area contributed by atoms with E-state index in [4.69, 9.17) is 8.83 Å². The van der Waals surface area contributed by atoms with Crippen LogP contribution in [0.3, 0.4) is 0 Å². The molecule has 1 N–H and O–H groups in total. The zero-order valence-corrected chi connectivity index (χ0v) is 12.1. The summed E-state index contributed by atoms with van der Waals surface area (Å²) in [6.45, 7) is 2.90. The maximum Gasteiger partial charge on any atom is 0.148 e. The number of furan rings is 2. The van der Waals surface area contributed by atoms with Crippen LogP contribution in [0.4, 0.5) is 0 Å². The molecule has 2 aromatic heterocycles. The van der Waals surface area contributed by atoms with Crippen LogP contribution in [0.5, 0.6) is 0 Å². The van der Waals surface area contributed by atoms with Crippen LogP contribution in [0, 0.1) is 0 Å². The molecule has 0 saturated carbocycles. The summed E-state index contributed by atoms with van der Waals surface area (Å²) in [5.74, 6) is 1.72. The molecule has 0 spiro atoms. The quantitative estimate of drug-likeness (QED) is 0.770. The summed E-state index contributed by atoms with van der Waals surface area (Å²) in [5, 5.41) is 4.46. The van der Waals surface area contributed by atoms with Gasteiger partial charge in [0.15, 0.2) is 0 Å². The maximum atomic E-state index is 5.97. The number of fused-ring (bicyclic) bond motifs is 1. The second kappa shape index (κ2) is 5.23. The van der Waals surface area contributed by atoms with Crippen molar-refractivity contribution in [3.8, 4) is 0 Å². The van der Waals surface area contributed by atoms with Gasteiger partial charge in [-0.25, -0.2) is 0 Å². The molecule has 0 radical (unpaired) electrons. The summed E-state index contributed by atoms with van der Waals surface area (Å²) >= 11 is 3.51. The van der Waals surface area contributed by atoms with Crippen molar-refractivity contribution in [2.24, 2.45) is 0 Å². The second-order valence-electron chi connectivity index (χ2n) is 4.31. The second-order valence-corrected chi connectivity index (χ2v) is 5.17. The minimum absolute atomic E-state index is 0.0562. The van der Waals surface area contributed by atoms with E-state index < -0.39 is 0 Å². The van der Waals surface area contributed by atoms with Gasteiger partial charge in [-0.3, -0.25) is 0 Å². The summed E-state index contributed by atoms with van der Waals surface area (Å²) in [4.78, 5) is 0. The minimum Gasteiger partial charge on any atom is -0.467 e. The lowest BCUT2D eigenvalue weighted by molar-refractivity contribution is 0.403. The van der Waals surface area contributed by atoms with Gasteiger partial charge in [-0.15, -0.1) is 0 Å². The van der Waals surface area contributed by atoms with Gasteiger partial charge in [0.25, 0.3) is 0 Å². The first-order valence-corrected chi connectivity index (χ1v) is 7.03. The monoisotopic (exact) mass is 319 g/mol. The molecule has 0 aliphatic rings. The van der Waals surface area contributed by atoms with Gasteiger partial charge in [-0.1, -0.05) is 19.1 Å². The predicted molar refractivity (Wildman–Crippen MR) is 78.1 cm³/mol. The Hall–Kier alpha value is -1.52. The summed E-state index contributed by atoms with van der Waals surface area (Å²) in [7, 11) is 0. The standard InChI is InChI=1S/C15H14BrNO2/c1-2-17-14(12-7-4-8-18-12)13-9-10-5-3-6-11(16)15(10)19-13/h3-9,14,17H,2H2,1H3. The van der Waals surface area contributed by atoms with Gasteiger partial charge in [0.05, 0.1) is 10.7 Å². The Kier molecular flexibility index (Phi) is 3.44. The van der Waals surface area contributed by atoms with Crippen molar-refractivity contribution in [2.45, 2.75) is 13.0 Å². The Balaban J connectivity index is 2.08. The first-order valence-electron chi connectivity index (χ1n) is 6.24. The average molecular weight is 320 g/mol. The number of hydrogen-bond acceptors (Lipinski definition) is 3. The third kappa shape index (κ3) is 2.33. The van der Waals surface area contributed by atoms with E-state index in [-0.39, 0.29) is 6.04 Å². The van der Waals surface area contributed by atoms with Gasteiger partial charge in [0.2, 0.25) is 0 Å². The van der Waals surface area contributed by atoms with Gasteiger partial charge < -0.3 is 14.2 Å². The number of rotatable bonds is 4. The van der Waals surface area contributed by atoms with E-state index in [0.29, 0.717) is 0 Å². The zero-order valence-electron chi connectivity index (χ0n) is 10.5. The van der Waals surface area contributed by atoms with Crippen LogP contribution in [-0.2, 0) is 0 Å². The fourth-order valence-electron chi connectivity index (χ4n) is 2.19. The largest absolute Gasteiger partial charge is 0.467 e. The topological polar surface area (TPSA) is 38.3 Å². The molecule has 0 amide bonds. The Labute approximate surface area is 119 Å². The summed E-state index contributed by atoms with van der Waals surface area (Å²) < 4.78 is 12.4. The Morgan fingerprint density at radius 2 is 2.11 bits per heavy atom. The lowest BCUT2D eigenvalue weighted by atomic mass is 10.1. The number of nitrogens with one attached hydrogen (secondary N) is 1. The van der Waals surface area contributed by atoms with Crippen molar-refractivity contribution < 1.29 is 8.83 Å². The van der Waals surface area contributed by atoms with Crippen LogP contribution in [0.2, 0.25) is 0 Å². The molecule has 4 heteroatoms. The third-order valence-electron chi connectivity index (χ3n) is 3.04. The summed E-state index contributed by atoms with van der Waals surface area (Å²) in [6.07, 6.45) is 1.68. The first-order chi connectivity index (χ1) is 9.29. The van der Waals surface area contributed by atoms with E-state index >= 15 is 0 Å². The highest BCUT2D eigenvalue weighted by molar-refractivity contribution is 9.10. The normalized spacial score (nSPS) is 12.9. The number of benzene rings is 1. The zero-order chi connectivity index (χ0) is 13.2. The molecule has 0 aliphatic heterocycles. The average Bonchev–Trinajstić information content (AvgIpc) is 3.05. The van der Waals surface area contributed by atoms with E-state index in [1.54, 1.807) is 6.26 Å². The highest BCUT2D eigenvalue weighted by atomic mass is 79.9. The van der Waals surface area contributed by atoms with Crippen LogP contribution >= 0.6 is 15.9 Å². The molecule has 3 rings (SSSR count). The molecule has 0 fully saturated rings. The summed E-state index contributed by atoms with van der Waals surface area (Å²) in [6, 6.07) is 11.9.